The molecule has 0 bridgehead atoms. The summed E-state index contributed by atoms with van der Waals surface area (Å²) >= 11 is 0. The molecule has 0 aromatic heterocycles. The summed E-state index contributed by atoms with van der Waals surface area (Å²) in [6.45, 7) is 4.02. The van der Waals surface area contributed by atoms with Crippen LogP contribution in [0.4, 0.5) is 5.69 Å². The van der Waals surface area contributed by atoms with Gasteiger partial charge in [0.15, 0.2) is 19.7 Å². The Morgan fingerprint density at radius 1 is 1.00 bits per heavy atom. The highest BCUT2D eigenvalue weighted by Gasteiger charge is 2.36. The minimum atomic E-state index is -3.14. The van der Waals surface area contributed by atoms with Crippen LogP contribution in [0.15, 0.2) is 18.2 Å². The zero-order chi connectivity index (χ0) is 21.9. The molecule has 1 aromatic rings. The van der Waals surface area contributed by atoms with Crippen LogP contribution in [0.5, 0.6) is 0 Å². The molecule has 2 atom stereocenters. The van der Waals surface area contributed by atoms with Gasteiger partial charge < -0.3 is 5.32 Å². The van der Waals surface area contributed by atoms with Crippen LogP contribution in [0.25, 0.3) is 0 Å². The number of carbonyl (C=O) groups excluding carboxylic acids is 1. The Balaban J connectivity index is 1.75. The Bertz CT molecular complexity index is 969. The molecule has 2 N–H and O–H groups in total. The van der Waals surface area contributed by atoms with E-state index in [2.05, 4.69) is 10.7 Å². The smallest absolute Gasteiger partial charge is 0.240 e. The lowest BCUT2D eigenvalue weighted by molar-refractivity contribution is -0.118. The summed E-state index contributed by atoms with van der Waals surface area (Å²) in [5, 5.41) is 4.65. The van der Waals surface area contributed by atoms with Crippen LogP contribution in [0.3, 0.4) is 0 Å². The normalized spacial score (nSPS) is 24.9. The number of hydrazine groups is 1. The zero-order valence-electron chi connectivity index (χ0n) is 17.6. The SMILES string of the molecule is CCc1cccc(CC)c1NC(=O)CN(NC1CCS(=O)(=O)C1)C1CCS(=O)(=O)C1. The molecule has 1 amide bonds. The molecule has 2 aliphatic rings. The van der Waals surface area contributed by atoms with Gasteiger partial charge in [0.2, 0.25) is 5.91 Å². The number of aryl methyl sites for hydroxylation is 2. The van der Waals surface area contributed by atoms with Crippen molar-refractivity contribution in [2.75, 3.05) is 34.9 Å². The van der Waals surface area contributed by atoms with Crippen molar-refractivity contribution >= 4 is 31.3 Å². The minimum Gasteiger partial charge on any atom is -0.324 e. The third kappa shape index (κ3) is 5.81. The fraction of sp³-hybridized carbons (Fsp3) is 0.650. The molecular weight excluding hydrogens is 426 g/mol. The molecule has 168 valence electrons. The van der Waals surface area contributed by atoms with Crippen molar-refractivity contribution in [3.05, 3.63) is 29.3 Å². The Hall–Kier alpha value is -1.49. The van der Waals surface area contributed by atoms with Crippen LogP contribution in [-0.4, -0.2) is 69.4 Å². The first-order chi connectivity index (χ1) is 14.1. The lowest BCUT2D eigenvalue weighted by Gasteiger charge is -2.31. The summed E-state index contributed by atoms with van der Waals surface area (Å²) in [4.78, 5) is 12.9. The van der Waals surface area contributed by atoms with Gasteiger partial charge in [-0.05, 0) is 36.8 Å². The van der Waals surface area contributed by atoms with E-state index in [1.165, 1.54) is 0 Å². The number of carbonyl (C=O) groups is 1. The van der Waals surface area contributed by atoms with E-state index in [4.69, 9.17) is 0 Å². The summed E-state index contributed by atoms with van der Waals surface area (Å²) in [6, 6.07) is 5.29. The van der Waals surface area contributed by atoms with Crippen molar-refractivity contribution < 1.29 is 21.6 Å². The van der Waals surface area contributed by atoms with Gasteiger partial charge in [0.1, 0.15) is 0 Å². The summed E-state index contributed by atoms with van der Waals surface area (Å²) < 4.78 is 47.6. The summed E-state index contributed by atoms with van der Waals surface area (Å²) in [7, 11) is -6.24. The second-order valence-corrected chi connectivity index (χ2v) is 12.6. The molecule has 2 fully saturated rings. The number of para-hydroxylation sites is 1. The molecule has 0 radical (unpaired) electrons. The van der Waals surface area contributed by atoms with Gasteiger partial charge in [-0.2, -0.15) is 0 Å². The monoisotopic (exact) mass is 457 g/mol. The molecule has 2 aliphatic heterocycles. The predicted molar refractivity (Wildman–Crippen MR) is 118 cm³/mol. The number of anilines is 1. The van der Waals surface area contributed by atoms with Crippen molar-refractivity contribution in [3.8, 4) is 0 Å². The van der Waals surface area contributed by atoms with Crippen LogP contribution in [0.2, 0.25) is 0 Å². The topological polar surface area (TPSA) is 113 Å². The van der Waals surface area contributed by atoms with Crippen LogP contribution in [0, 0.1) is 0 Å². The highest BCUT2D eigenvalue weighted by atomic mass is 32.2. The number of nitrogens with zero attached hydrogens (tertiary/aromatic N) is 1. The number of rotatable bonds is 8. The first-order valence-electron chi connectivity index (χ1n) is 10.5. The Morgan fingerprint density at radius 3 is 2.10 bits per heavy atom. The number of sulfone groups is 2. The fourth-order valence-electron chi connectivity index (χ4n) is 4.17. The van der Waals surface area contributed by atoms with Crippen molar-refractivity contribution in [1.29, 1.82) is 0 Å². The maximum absolute atomic E-state index is 12.9. The van der Waals surface area contributed by atoms with Crippen LogP contribution in [0.1, 0.15) is 37.8 Å². The van der Waals surface area contributed by atoms with Crippen molar-refractivity contribution in [2.24, 2.45) is 0 Å². The van der Waals surface area contributed by atoms with Crippen molar-refractivity contribution in [1.82, 2.24) is 10.4 Å². The zero-order valence-corrected chi connectivity index (χ0v) is 19.2. The quantitative estimate of drug-likeness (QED) is 0.559. The lowest BCUT2D eigenvalue weighted by atomic mass is 10.0. The van der Waals surface area contributed by atoms with Gasteiger partial charge in [-0.3, -0.25) is 10.2 Å². The molecule has 2 heterocycles. The van der Waals surface area contributed by atoms with Gasteiger partial charge in [0.25, 0.3) is 0 Å². The number of hydrogen-bond acceptors (Lipinski definition) is 7. The van der Waals surface area contributed by atoms with Gasteiger partial charge in [-0.25, -0.2) is 21.8 Å². The second-order valence-electron chi connectivity index (χ2n) is 8.12. The van der Waals surface area contributed by atoms with Gasteiger partial charge in [0.05, 0.1) is 29.6 Å². The van der Waals surface area contributed by atoms with E-state index in [-0.39, 0.29) is 47.5 Å². The molecule has 10 heteroatoms. The van der Waals surface area contributed by atoms with Gasteiger partial charge >= 0.3 is 0 Å². The standard InChI is InChI=1S/C20H31N3O5S2/c1-3-15-6-5-7-16(4-2)20(15)21-19(24)12-23(18-9-11-30(27,28)14-18)22-17-8-10-29(25,26)13-17/h5-7,17-18,22H,3-4,8-14H2,1-2H3,(H,21,24). The summed E-state index contributed by atoms with van der Waals surface area (Å²) in [6.07, 6.45) is 2.45. The molecule has 1 aromatic carbocycles. The number of nitrogens with one attached hydrogen (secondary N) is 2. The fourth-order valence-corrected chi connectivity index (χ4v) is 7.56. The molecule has 8 nitrogen and oxygen atoms in total. The van der Waals surface area contributed by atoms with E-state index in [0.29, 0.717) is 12.8 Å². The Kier molecular flexibility index (Phi) is 7.21. The van der Waals surface area contributed by atoms with Crippen molar-refractivity contribution in [3.63, 3.8) is 0 Å². The van der Waals surface area contributed by atoms with E-state index in [0.717, 1.165) is 29.7 Å². The van der Waals surface area contributed by atoms with Crippen LogP contribution < -0.4 is 10.7 Å². The molecule has 0 aliphatic carbocycles. The Labute approximate surface area is 179 Å². The van der Waals surface area contributed by atoms with Gasteiger partial charge in [-0.15, -0.1) is 0 Å². The third-order valence-electron chi connectivity index (χ3n) is 5.81. The maximum atomic E-state index is 12.9. The van der Waals surface area contributed by atoms with E-state index < -0.39 is 19.7 Å². The Morgan fingerprint density at radius 2 is 1.60 bits per heavy atom. The van der Waals surface area contributed by atoms with Crippen LogP contribution in [-0.2, 0) is 37.3 Å². The first-order valence-corrected chi connectivity index (χ1v) is 14.1. The minimum absolute atomic E-state index is 0.00321. The molecule has 3 rings (SSSR count). The first kappa shape index (κ1) is 23.2. The number of benzene rings is 1. The average molecular weight is 458 g/mol. The van der Waals surface area contributed by atoms with E-state index >= 15 is 0 Å². The summed E-state index contributed by atoms with van der Waals surface area (Å²) in [5.41, 5.74) is 6.07. The van der Waals surface area contributed by atoms with Gasteiger partial charge in [-0.1, -0.05) is 32.0 Å². The highest BCUT2D eigenvalue weighted by Crippen LogP contribution is 2.23. The highest BCUT2D eigenvalue weighted by molar-refractivity contribution is 7.91. The van der Waals surface area contributed by atoms with E-state index in [1.54, 1.807) is 5.01 Å². The van der Waals surface area contributed by atoms with E-state index in [9.17, 15) is 21.6 Å². The van der Waals surface area contributed by atoms with Crippen LogP contribution >= 0.6 is 0 Å². The molecule has 30 heavy (non-hydrogen) atoms. The molecule has 0 saturated carbocycles. The molecular formula is C20H31N3O5S2. The van der Waals surface area contributed by atoms with Crippen molar-refractivity contribution in [2.45, 2.75) is 51.6 Å². The average Bonchev–Trinajstić information content (AvgIpc) is 3.22. The largest absolute Gasteiger partial charge is 0.324 e. The molecule has 0 spiro atoms. The van der Waals surface area contributed by atoms with E-state index in [1.807, 2.05) is 32.0 Å². The predicted octanol–water partition coefficient (Wildman–Crippen LogP) is 0.931. The molecule has 2 saturated heterocycles. The second kappa shape index (κ2) is 9.33. The summed E-state index contributed by atoms with van der Waals surface area (Å²) in [5.74, 6) is -0.0821. The lowest BCUT2D eigenvalue weighted by Crippen LogP contribution is -2.54. The van der Waals surface area contributed by atoms with Gasteiger partial charge in [0, 0.05) is 17.8 Å². The number of amides is 1. The molecule has 2 unspecified atom stereocenters. The maximum Gasteiger partial charge on any atom is 0.240 e. The number of hydrogen-bond donors (Lipinski definition) is 2. The third-order valence-corrected chi connectivity index (χ3v) is 9.33.